The highest BCUT2D eigenvalue weighted by molar-refractivity contribution is 7.14. The van der Waals surface area contributed by atoms with Crippen LogP contribution in [0.1, 0.15) is 32.7 Å². The minimum Gasteiger partial charge on any atom is -0.397 e. The molecule has 0 aromatic carbocycles. The Kier molecular flexibility index (Phi) is 3.41. The van der Waals surface area contributed by atoms with Gasteiger partial charge in [-0.15, -0.1) is 11.3 Å². The zero-order chi connectivity index (χ0) is 13.3. The molecule has 5 nitrogen and oxygen atoms in total. The predicted octanol–water partition coefficient (Wildman–Crippen LogP) is 3.11. The summed E-state index contributed by atoms with van der Waals surface area (Å²) < 4.78 is 10.7. The Bertz CT molecular complexity index is 527. The number of nitrogen functional groups attached to an aromatic ring is 1. The number of ether oxygens (including phenoxy) is 1. The van der Waals surface area contributed by atoms with Crippen molar-refractivity contribution in [1.82, 2.24) is 10.1 Å². The van der Waals surface area contributed by atoms with Crippen molar-refractivity contribution in [3.63, 3.8) is 0 Å². The first-order valence-corrected chi connectivity index (χ1v) is 6.51. The van der Waals surface area contributed by atoms with Gasteiger partial charge in [0.2, 0.25) is 5.82 Å². The maximum atomic E-state index is 5.83. The molecule has 0 fully saturated rings. The normalized spacial score (nSPS) is 13.8. The van der Waals surface area contributed by atoms with Crippen LogP contribution in [0.15, 0.2) is 16.0 Å². The zero-order valence-corrected chi connectivity index (χ0v) is 11.7. The Labute approximate surface area is 110 Å². The van der Waals surface area contributed by atoms with Crippen molar-refractivity contribution in [3.8, 4) is 10.8 Å². The maximum absolute atomic E-state index is 5.83. The van der Waals surface area contributed by atoms with Crippen molar-refractivity contribution >= 4 is 17.0 Å². The van der Waals surface area contributed by atoms with E-state index >= 15 is 0 Å². The van der Waals surface area contributed by atoms with Crippen molar-refractivity contribution in [2.45, 2.75) is 26.9 Å². The van der Waals surface area contributed by atoms with E-state index in [1.807, 2.05) is 11.4 Å². The predicted molar refractivity (Wildman–Crippen MR) is 71.2 cm³/mol. The third kappa shape index (κ3) is 2.39. The van der Waals surface area contributed by atoms with Gasteiger partial charge >= 0.3 is 0 Å². The number of methoxy groups -OCH3 is 1. The van der Waals surface area contributed by atoms with Gasteiger partial charge in [-0.05, 0) is 16.9 Å². The SMILES string of the molecule is COC(c1noc(-c2sccc2N)n1)C(C)(C)C. The molecule has 6 heteroatoms. The van der Waals surface area contributed by atoms with Gasteiger partial charge in [0.15, 0.2) is 0 Å². The van der Waals surface area contributed by atoms with Crippen LogP contribution >= 0.6 is 11.3 Å². The Morgan fingerprint density at radius 2 is 2.17 bits per heavy atom. The van der Waals surface area contributed by atoms with Crippen LogP contribution in [-0.2, 0) is 4.74 Å². The van der Waals surface area contributed by atoms with Gasteiger partial charge in [0.25, 0.3) is 5.89 Å². The van der Waals surface area contributed by atoms with Gasteiger partial charge in [-0.25, -0.2) is 0 Å². The van der Waals surface area contributed by atoms with E-state index < -0.39 is 0 Å². The molecule has 0 saturated carbocycles. The highest BCUT2D eigenvalue weighted by Gasteiger charge is 2.31. The quantitative estimate of drug-likeness (QED) is 0.924. The minimum atomic E-state index is -0.212. The van der Waals surface area contributed by atoms with Crippen LogP contribution in [0.2, 0.25) is 0 Å². The highest BCUT2D eigenvalue weighted by Crippen LogP contribution is 2.36. The molecule has 0 spiro atoms. The van der Waals surface area contributed by atoms with Crippen LogP contribution in [0.4, 0.5) is 5.69 Å². The molecule has 1 atom stereocenters. The molecule has 2 N–H and O–H groups in total. The molecule has 0 aliphatic heterocycles. The molecule has 0 saturated heterocycles. The van der Waals surface area contributed by atoms with E-state index in [-0.39, 0.29) is 11.5 Å². The first kappa shape index (κ1) is 13.0. The van der Waals surface area contributed by atoms with Gasteiger partial charge in [0.05, 0.1) is 5.69 Å². The first-order chi connectivity index (χ1) is 8.43. The Hall–Kier alpha value is -1.40. The van der Waals surface area contributed by atoms with Crippen LogP contribution in [-0.4, -0.2) is 17.3 Å². The molecule has 0 aliphatic rings. The monoisotopic (exact) mass is 267 g/mol. The molecular formula is C12H17N3O2S. The molecule has 98 valence electrons. The zero-order valence-electron chi connectivity index (χ0n) is 10.9. The van der Waals surface area contributed by atoms with Gasteiger partial charge in [-0.2, -0.15) is 4.98 Å². The summed E-state index contributed by atoms with van der Waals surface area (Å²) in [6.45, 7) is 6.20. The van der Waals surface area contributed by atoms with Crippen molar-refractivity contribution in [1.29, 1.82) is 0 Å². The highest BCUT2D eigenvalue weighted by atomic mass is 32.1. The van der Waals surface area contributed by atoms with E-state index in [1.165, 1.54) is 11.3 Å². The molecule has 0 aliphatic carbocycles. The first-order valence-electron chi connectivity index (χ1n) is 5.63. The summed E-state index contributed by atoms with van der Waals surface area (Å²) in [5.74, 6) is 0.997. The van der Waals surface area contributed by atoms with Crippen molar-refractivity contribution in [2.75, 3.05) is 12.8 Å². The molecular weight excluding hydrogens is 250 g/mol. The van der Waals surface area contributed by atoms with Crippen molar-refractivity contribution in [3.05, 3.63) is 17.3 Å². The van der Waals surface area contributed by atoms with E-state index in [2.05, 4.69) is 30.9 Å². The van der Waals surface area contributed by atoms with Gasteiger partial charge in [0.1, 0.15) is 11.0 Å². The maximum Gasteiger partial charge on any atom is 0.270 e. The van der Waals surface area contributed by atoms with E-state index in [9.17, 15) is 0 Å². The summed E-state index contributed by atoms with van der Waals surface area (Å²) in [5.41, 5.74) is 6.38. The van der Waals surface area contributed by atoms with Crippen LogP contribution in [0.5, 0.6) is 0 Å². The Morgan fingerprint density at radius 1 is 1.44 bits per heavy atom. The molecule has 2 rings (SSSR count). The van der Waals surface area contributed by atoms with E-state index in [0.717, 1.165) is 4.88 Å². The number of nitrogens with zero attached hydrogens (tertiary/aromatic N) is 2. The summed E-state index contributed by atoms with van der Waals surface area (Å²) in [5, 5.41) is 5.89. The Morgan fingerprint density at radius 3 is 2.67 bits per heavy atom. The van der Waals surface area contributed by atoms with Crippen LogP contribution in [0.25, 0.3) is 10.8 Å². The summed E-state index contributed by atoms with van der Waals surface area (Å²) in [6, 6.07) is 1.82. The fraction of sp³-hybridized carbons (Fsp3) is 0.500. The van der Waals surface area contributed by atoms with Crippen LogP contribution in [0.3, 0.4) is 0 Å². The van der Waals surface area contributed by atoms with E-state index in [4.69, 9.17) is 15.0 Å². The van der Waals surface area contributed by atoms with Crippen LogP contribution < -0.4 is 5.73 Å². The summed E-state index contributed by atoms with van der Waals surface area (Å²) >= 11 is 1.48. The fourth-order valence-corrected chi connectivity index (χ4v) is 2.51. The van der Waals surface area contributed by atoms with Gasteiger partial charge < -0.3 is 15.0 Å². The average Bonchev–Trinajstić information content (AvgIpc) is 2.85. The Balaban J connectivity index is 2.33. The van der Waals surface area contributed by atoms with E-state index in [1.54, 1.807) is 7.11 Å². The summed E-state index contributed by atoms with van der Waals surface area (Å²) in [4.78, 5) is 5.18. The van der Waals surface area contributed by atoms with Gasteiger partial charge in [-0.3, -0.25) is 0 Å². The lowest BCUT2D eigenvalue weighted by molar-refractivity contribution is 0.00718. The molecule has 2 aromatic heterocycles. The number of nitrogens with two attached hydrogens (primary N) is 1. The lowest BCUT2D eigenvalue weighted by Crippen LogP contribution is -2.21. The van der Waals surface area contributed by atoms with Crippen molar-refractivity contribution in [2.24, 2.45) is 5.41 Å². The van der Waals surface area contributed by atoms with E-state index in [0.29, 0.717) is 17.4 Å². The number of hydrogen-bond donors (Lipinski definition) is 1. The van der Waals surface area contributed by atoms with Crippen molar-refractivity contribution < 1.29 is 9.26 Å². The molecule has 2 aromatic rings. The summed E-state index contributed by atoms with van der Waals surface area (Å²) in [6.07, 6.45) is -0.212. The molecule has 0 radical (unpaired) electrons. The number of thiophene rings is 1. The molecule has 1 unspecified atom stereocenters. The molecule has 2 heterocycles. The number of hydrogen-bond acceptors (Lipinski definition) is 6. The lowest BCUT2D eigenvalue weighted by Gasteiger charge is -2.26. The second-order valence-corrected chi connectivity index (χ2v) is 6.06. The minimum absolute atomic E-state index is 0.100. The number of rotatable bonds is 3. The molecule has 0 amide bonds. The smallest absolute Gasteiger partial charge is 0.270 e. The molecule has 0 bridgehead atoms. The average molecular weight is 267 g/mol. The topological polar surface area (TPSA) is 74.2 Å². The second-order valence-electron chi connectivity index (χ2n) is 5.14. The third-order valence-corrected chi connectivity index (χ3v) is 3.51. The van der Waals surface area contributed by atoms with Gasteiger partial charge in [0, 0.05) is 7.11 Å². The molecule has 18 heavy (non-hydrogen) atoms. The second kappa shape index (κ2) is 4.70. The number of anilines is 1. The summed E-state index contributed by atoms with van der Waals surface area (Å²) in [7, 11) is 1.64. The third-order valence-electron chi connectivity index (χ3n) is 2.59. The lowest BCUT2D eigenvalue weighted by atomic mass is 9.88. The van der Waals surface area contributed by atoms with Crippen LogP contribution in [0, 0.1) is 5.41 Å². The van der Waals surface area contributed by atoms with Gasteiger partial charge in [-0.1, -0.05) is 25.9 Å². The standard InChI is InChI=1S/C12H17N3O2S/c1-12(2,3)9(16-4)10-14-11(17-15-10)8-7(13)5-6-18-8/h5-6,9H,13H2,1-4H3. The largest absolute Gasteiger partial charge is 0.397 e. The number of aromatic nitrogens is 2. The fourth-order valence-electron chi connectivity index (χ4n) is 1.77.